The van der Waals surface area contributed by atoms with Crippen molar-refractivity contribution in [2.75, 3.05) is 0 Å². The van der Waals surface area contributed by atoms with Crippen LogP contribution in [0, 0.1) is 11.8 Å². The first-order valence-corrected chi connectivity index (χ1v) is 6.64. The highest BCUT2D eigenvalue weighted by Crippen LogP contribution is 2.53. The van der Waals surface area contributed by atoms with E-state index < -0.39 is 0 Å². The Kier molecular flexibility index (Phi) is 2.29. The summed E-state index contributed by atoms with van der Waals surface area (Å²) in [5, 5.41) is 10.8. The molecule has 15 heavy (non-hydrogen) atoms. The van der Waals surface area contributed by atoms with Crippen molar-refractivity contribution in [3.05, 3.63) is 10.0 Å². The van der Waals surface area contributed by atoms with Crippen molar-refractivity contribution in [1.82, 2.24) is 10.2 Å². The molecule has 1 heterocycles. The lowest BCUT2D eigenvalue weighted by atomic mass is 9.89. The smallest absolute Gasteiger partial charge is 0.133 e. The summed E-state index contributed by atoms with van der Waals surface area (Å²) < 4.78 is 0. The summed E-state index contributed by atoms with van der Waals surface area (Å²) >= 11 is 1.73. The van der Waals surface area contributed by atoms with Crippen LogP contribution in [0.1, 0.15) is 54.6 Å². The lowest BCUT2D eigenvalue weighted by Gasteiger charge is -2.18. The molecule has 4 heteroatoms. The maximum atomic E-state index is 5.81. The monoisotopic (exact) mass is 223 g/mol. The van der Waals surface area contributed by atoms with Crippen LogP contribution in [0.2, 0.25) is 0 Å². The minimum Gasteiger partial charge on any atom is -0.322 e. The lowest BCUT2D eigenvalue weighted by Crippen LogP contribution is -2.07. The largest absolute Gasteiger partial charge is 0.322 e. The molecular weight excluding hydrogens is 206 g/mol. The highest BCUT2D eigenvalue weighted by molar-refractivity contribution is 7.11. The van der Waals surface area contributed by atoms with Crippen LogP contribution in [0.5, 0.6) is 0 Å². The zero-order chi connectivity index (χ0) is 10.4. The van der Waals surface area contributed by atoms with E-state index in [0.29, 0.717) is 5.92 Å². The van der Waals surface area contributed by atoms with Crippen LogP contribution < -0.4 is 5.73 Å². The number of aromatic nitrogens is 2. The van der Waals surface area contributed by atoms with Crippen LogP contribution in [0.25, 0.3) is 0 Å². The molecule has 0 saturated heterocycles. The molecule has 0 radical (unpaired) electrons. The fraction of sp³-hybridized carbons (Fsp3) is 0.818. The van der Waals surface area contributed by atoms with Gasteiger partial charge in [-0.25, -0.2) is 0 Å². The third-order valence-corrected chi connectivity index (χ3v) is 5.16. The Morgan fingerprint density at radius 2 is 2.20 bits per heavy atom. The van der Waals surface area contributed by atoms with Gasteiger partial charge in [-0.1, -0.05) is 17.8 Å². The average Bonchev–Trinajstić information content (AvgIpc) is 2.93. The van der Waals surface area contributed by atoms with Gasteiger partial charge in [0.2, 0.25) is 0 Å². The van der Waals surface area contributed by atoms with Gasteiger partial charge in [-0.05, 0) is 38.0 Å². The number of fused-ring (bicyclic) bond motifs is 2. The third kappa shape index (κ3) is 1.60. The molecule has 2 fully saturated rings. The van der Waals surface area contributed by atoms with E-state index in [0.717, 1.165) is 16.8 Å². The maximum absolute atomic E-state index is 5.81. The van der Waals surface area contributed by atoms with Crippen LogP contribution >= 0.6 is 11.3 Å². The molecule has 3 rings (SSSR count). The molecule has 2 N–H and O–H groups in total. The Morgan fingerprint density at radius 1 is 1.33 bits per heavy atom. The van der Waals surface area contributed by atoms with Crippen molar-refractivity contribution in [1.29, 1.82) is 0 Å². The van der Waals surface area contributed by atoms with Crippen LogP contribution in [0.4, 0.5) is 0 Å². The molecule has 0 aromatic carbocycles. The first kappa shape index (κ1) is 9.73. The Labute approximate surface area is 94.1 Å². The second kappa shape index (κ2) is 3.52. The first-order valence-electron chi connectivity index (χ1n) is 5.83. The molecule has 1 aromatic heterocycles. The highest BCUT2D eigenvalue weighted by atomic mass is 32.1. The third-order valence-electron chi connectivity index (χ3n) is 3.90. The van der Waals surface area contributed by atoms with E-state index in [-0.39, 0.29) is 6.04 Å². The van der Waals surface area contributed by atoms with Crippen LogP contribution in [0.3, 0.4) is 0 Å². The topological polar surface area (TPSA) is 51.8 Å². The van der Waals surface area contributed by atoms with Crippen LogP contribution in [0.15, 0.2) is 0 Å². The molecule has 0 aliphatic heterocycles. The highest BCUT2D eigenvalue weighted by Gasteiger charge is 2.41. The number of rotatable bonds is 2. The Hall–Kier alpha value is -0.480. The molecule has 2 aliphatic rings. The second-order valence-electron chi connectivity index (χ2n) is 5.05. The number of nitrogens with two attached hydrogens (primary N) is 1. The van der Waals surface area contributed by atoms with Crippen molar-refractivity contribution in [3.8, 4) is 0 Å². The number of hydrogen-bond donors (Lipinski definition) is 1. The van der Waals surface area contributed by atoms with Crippen molar-refractivity contribution < 1.29 is 0 Å². The summed E-state index contributed by atoms with van der Waals surface area (Å²) in [5.74, 6) is 2.57. The van der Waals surface area contributed by atoms with Crippen molar-refractivity contribution in [3.63, 3.8) is 0 Å². The first-order chi connectivity index (χ1) is 7.24. The molecular formula is C11H17N3S. The molecule has 0 amide bonds. The summed E-state index contributed by atoms with van der Waals surface area (Å²) in [6.45, 7) is 1.98. The fourth-order valence-corrected chi connectivity index (χ4v) is 4.13. The average molecular weight is 223 g/mol. The molecule has 2 saturated carbocycles. The maximum Gasteiger partial charge on any atom is 0.133 e. The molecule has 4 unspecified atom stereocenters. The van der Waals surface area contributed by atoms with Gasteiger partial charge in [0.1, 0.15) is 10.0 Å². The van der Waals surface area contributed by atoms with Gasteiger partial charge in [0.15, 0.2) is 0 Å². The summed E-state index contributed by atoms with van der Waals surface area (Å²) in [7, 11) is 0. The second-order valence-corrected chi connectivity index (χ2v) is 6.09. The van der Waals surface area contributed by atoms with Gasteiger partial charge in [-0.2, -0.15) is 0 Å². The quantitative estimate of drug-likeness (QED) is 0.838. The van der Waals surface area contributed by atoms with Crippen LogP contribution in [-0.4, -0.2) is 10.2 Å². The van der Waals surface area contributed by atoms with Gasteiger partial charge in [0.25, 0.3) is 0 Å². The zero-order valence-electron chi connectivity index (χ0n) is 9.02. The standard InChI is InChI=1S/C11H17N3S/c1-6(12)10-13-14-11(15-10)9-5-7-2-3-8(9)4-7/h6-9H,2-5,12H2,1H3. The summed E-state index contributed by atoms with van der Waals surface area (Å²) in [4.78, 5) is 0. The van der Waals surface area contributed by atoms with E-state index in [4.69, 9.17) is 5.73 Å². The molecule has 0 spiro atoms. The lowest BCUT2D eigenvalue weighted by molar-refractivity contribution is 0.417. The van der Waals surface area contributed by atoms with Crippen molar-refractivity contribution in [2.24, 2.45) is 17.6 Å². The summed E-state index contributed by atoms with van der Waals surface area (Å²) in [5.41, 5.74) is 5.81. The number of hydrogen-bond acceptors (Lipinski definition) is 4. The van der Waals surface area contributed by atoms with Gasteiger partial charge in [0.05, 0.1) is 6.04 Å². The SMILES string of the molecule is CC(N)c1nnc(C2CC3CCC2C3)s1. The minimum absolute atomic E-state index is 0.0369. The van der Waals surface area contributed by atoms with Crippen molar-refractivity contribution in [2.45, 2.75) is 44.6 Å². The molecule has 2 aliphatic carbocycles. The predicted molar refractivity (Wildman–Crippen MR) is 60.7 cm³/mol. The van der Waals surface area contributed by atoms with Crippen LogP contribution in [-0.2, 0) is 0 Å². The summed E-state index contributed by atoms with van der Waals surface area (Å²) in [6.07, 6.45) is 5.62. The molecule has 4 atom stereocenters. The van der Waals surface area contributed by atoms with E-state index in [2.05, 4.69) is 10.2 Å². The minimum atomic E-state index is 0.0369. The van der Waals surface area contributed by atoms with Gasteiger partial charge in [-0.15, -0.1) is 10.2 Å². The van der Waals surface area contributed by atoms with Gasteiger partial charge in [-0.3, -0.25) is 0 Å². The van der Waals surface area contributed by atoms with Gasteiger partial charge < -0.3 is 5.73 Å². The molecule has 3 nitrogen and oxygen atoms in total. The van der Waals surface area contributed by atoms with Crippen molar-refractivity contribution >= 4 is 11.3 Å². The summed E-state index contributed by atoms with van der Waals surface area (Å²) in [6, 6.07) is 0.0369. The Bertz CT molecular complexity index is 360. The Balaban J connectivity index is 1.81. The Morgan fingerprint density at radius 3 is 2.73 bits per heavy atom. The molecule has 1 aromatic rings. The van der Waals surface area contributed by atoms with Gasteiger partial charge in [0, 0.05) is 5.92 Å². The van der Waals surface area contributed by atoms with E-state index >= 15 is 0 Å². The molecule has 2 bridgehead atoms. The van der Waals surface area contributed by atoms with E-state index in [9.17, 15) is 0 Å². The number of nitrogens with zero attached hydrogens (tertiary/aromatic N) is 2. The van der Waals surface area contributed by atoms with E-state index in [1.165, 1.54) is 30.7 Å². The molecule has 82 valence electrons. The van der Waals surface area contributed by atoms with E-state index in [1.807, 2.05) is 6.92 Å². The fourth-order valence-electron chi connectivity index (χ4n) is 3.13. The predicted octanol–water partition coefficient (Wildman–Crippen LogP) is 2.46. The van der Waals surface area contributed by atoms with E-state index in [1.54, 1.807) is 11.3 Å². The normalized spacial score (nSPS) is 36.0. The zero-order valence-corrected chi connectivity index (χ0v) is 9.83. The van der Waals surface area contributed by atoms with Gasteiger partial charge >= 0.3 is 0 Å².